The largest absolute Gasteiger partial charge is 0.393 e. The molecule has 0 aliphatic heterocycles. The third-order valence-corrected chi connectivity index (χ3v) is 6.92. The van der Waals surface area contributed by atoms with E-state index in [9.17, 15) is 14.7 Å². The van der Waals surface area contributed by atoms with Crippen molar-refractivity contribution in [2.45, 2.75) is 64.6 Å². The molecule has 4 unspecified atom stereocenters. The lowest BCUT2D eigenvalue weighted by Crippen LogP contribution is -2.40. The zero-order chi connectivity index (χ0) is 18.2. The molecule has 140 valence electrons. The van der Waals surface area contributed by atoms with E-state index in [1.165, 1.54) is 4.57 Å². The van der Waals surface area contributed by atoms with Crippen molar-refractivity contribution in [1.29, 1.82) is 0 Å². The minimum absolute atomic E-state index is 0.148. The zero-order valence-electron chi connectivity index (χ0n) is 15.3. The fraction of sp³-hybridized carbons (Fsp3) is 0.737. The molecule has 0 aromatic carbocycles. The van der Waals surface area contributed by atoms with Crippen molar-refractivity contribution in [3.8, 4) is 0 Å². The number of hydrogen-bond acceptors (Lipinski definition) is 4. The highest BCUT2D eigenvalue weighted by molar-refractivity contribution is 5.70. The minimum Gasteiger partial charge on any atom is -0.393 e. The number of aliphatic hydroxyl groups excluding tert-OH is 1. The quantitative estimate of drug-likeness (QED) is 0.846. The van der Waals surface area contributed by atoms with E-state index >= 15 is 0 Å². The Bertz CT molecular complexity index is 969. The molecule has 0 spiro atoms. The topological polar surface area (TPSA) is 92.9 Å². The van der Waals surface area contributed by atoms with Crippen LogP contribution in [-0.2, 0) is 13.1 Å². The van der Waals surface area contributed by atoms with Gasteiger partial charge in [0.25, 0.3) is 5.56 Å². The number of imidazole rings is 1. The van der Waals surface area contributed by atoms with Gasteiger partial charge in [0, 0.05) is 19.0 Å². The highest BCUT2D eigenvalue weighted by Crippen LogP contribution is 2.72. The minimum atomic E-state index is -0.258. The van der Waals surface area contributed by atoms with Crippen LogP contribution in [0.3, 0.4) is 0 Å². The van der Waals surface area contributed by atoms with Gasteiger partial charge in [-0.1, -0.05) is 13.8 Å². The van der Waals surface area contributed by atoms with Crippen molar-refractivity contribution >= 4 is 11.2 Å². The molecule has 0 amide bonds. The second-order valence-electron chi connectivity index (χ2n) is 8.29. The van der Waals surface area contributed by atoms with E-state index in [1.54, 1.807) is 4.57 Å². The summed E-state index contributed by atoms with van der Waals surface area (Å²) in [6.07, 6.45) is 3.61. The van der Waals surface area contributed by atoms with Crippen LogP contribution in [0.15, 0.2) is 9.59 Å². The van der Waals surface area contributed by atoms with Gasteiger partial charge in [-0.25, -0.2) is 9.78 Å². The van der Waals surface area contributed by atoms with Crippen LogP contribution in [0.1, 0.15) is 51.3 Å². The molecule has 4 atom stereocenters. The summed E-state index contributed by atoms with van der Waals surface area (Å²) in [6.45, 7) is 4.97. The lowest BCUT2D eigenvalue weighted by atomic mass is 9.99. The Balaban J connectivity index is 1.62. The number of aromatic nitrogens is 4. The summed E-state index contributed by atoms with van der Waals surface area (Å²) < 4.78 is 2.98. The third-order valence-electron chi connectivity index (χ3n) is 6.92. The van der Waals surface area contributed by atoms with Crippen LogP contribution in [0.2, 0.25) is 0 Å². The van der Waals surface area contributed by atoms with Gasteiger partial charge in [0.15, 0.2) is 5.65 Å². The number of aryl methyl sites for hydroxylation is 1. The SMILES string of the molecule is CCCn1c(=O)c2[nH]c(C3C4C5CCC(C5O)C34)nc2n(CCC)c1=O. The first-order valence-corrected chi connectivity index (χ1v) is 9.99. The zero-order valence-corrected chi connectivity index (χ0v) is 15.3. The lowest BCUT2D eigenvalue weighted by molar-refractivity contribution is 0.105. The number of hydrogen-bond donors (Lipinski definition) is 2. The predicted octanol–water partition coefficient (Wildman–Crippen LogP) is 1.44. The number of nitrogens with zero attached hydrogens (tertiary/aromatic N) is 3. The maximum absolute atomic E-state index is 12.8. The first kappa shape index (κ1) is 16.3. The molecule has 5 rings (SSSR count). The van der Waals surface area contributed by atoms with Crippen LogP contribution >= 0.6 is 0 Å². The molecule has 7 heteroatoms. The van der Waals surface area contributed by atoms with Gasteiger partial charge in [0.05, 0.1) is 6.10 Å². The average molecular weight is 358 g/mol. The molecule has 2 heterocycles. The van der Waals surface area contributed by atoms with Crippen molar-refractivity contribution in [2.24, 2.45) is 23.7 Å². The van der Waals surface area contributed by atoms with Gasteiger partial charge < -0.3 is 10.1 Å². The summed E-state index contributed by atoms with van der Waals surface area (Å²) >= 11 is 0. The van der Waals surface area contributed by atoms with Crippen LogP contribution in [0.4, 0.5) is 0 Å². The number of aliphatic hydroxyl groups is 1. The van der Waals surface area contributed by atoms with Gasteiger partial charge in [-0.05, 0) is 49.4 Å². The summed E-state index contributed by atoms with van der Waals surface area (Å²) in [5, 5.41) is 10.3. The molecule has 2 aromatic heterocycles. The summed E-state index contributed by atoms with van der Waals surface area (Å²) in [7, 11) is 0. The maximum Gasteiger partial charge on any atom is 0.332 e. The Hall–Kier alpha value is -1.89. The molecule has 26 heavy (non-hydrogen) atoms. The second-order valence-corrected chi connectivity index (χ2v) is 8.29. The van der Waals surface area contributed by atoms with Gasteiger partial charge in [-0.2, -0.15) is 0 Å². The van der Waals surface area contributed by atoms with Crippen LogP contribution < -0.4 is 11.2 Å². The van der Waals surface area contributed by atoms with Crippen LogP contribution in [0, 0.1) is 23.7 Å². The molecular formula is C19H26N4O3. The normalized spacial score (nSPS) is 34.6. The molecule has 2 N–H and O–H groups in total. The average Bonchev–Trinajstić information content (AvgIpc) is 2.91. The Morgan fingerprint density at radius 1 is 1.08 bits per heavy atom. The first-order valence-electron chi connectivity index (χ1n) is 9.99. The van der Waals surface area contributed by atoms with E-state index in [2.05, 4.69) is 4.98 Å². The van der Waals surface area contributed by atoms with E-state index in [1.807, 2.05) is 13.8 Å². The molecule has 7 nitrogen and oxygen atoms in total. The van der Waals surface area contributed by atoms with Crippen molar-refractivity contribution in [3.63, 3.8) is 0 Å². The first-order chi connectivity index (χ1) is 12.6. The third kappa shape index (κ3) is 1.95. The van der Waals surface area contributed by atoms with E-state index in [0.717, 1.165) is 31.5 Å². The molecule has 2 bridgehead atoms. The molecule has 3 aliphatic carbocycles. The monoisotopic (exact) mass is 358 g/mol. The maximum atomic E-state index is 12.8. The van der Waals surface area contributed by atoms with E-state index in [-0.39, 0.29) is 17.4 Å². The van der Waals surface area contributed by atoms with Crippen molar-refractivity contribution in [1.82, 2.24) is 19.1 Å². The molecule has 3 aliphatic rings. The van der Waals surface area contributed by atoms with Crippen molar-refractivity contribution < 1.29 is 5.11 Å². The van der Waals surface area contributed by atoms with Crippen LogP contribution in [0.25, 0.3) is 11.2 Å². The van der Waals surface area contributed by atoms with E-state index < -0.39 is 0 Å². The Labute approximate surface area is 151 Å². The highest BCUT2D eigenvalue weighted by atomic mass is 16.3. The van der Waals surface area contributed by atoms with Crippen molar-refractivity contribution in [3.05, 3.63) is 26.7 Å². The summed E-state index contributed by atoms with van der Waals surface area (Å²) in [6, 6.07) is 0. The Morgan fingerprint density at radius 3 is 2.31 bits per heavy atom. The number of nitrogens with one attached hydrogen (secondary N) is 1. The highest BCUT2D eigenvalue weighted by Gasteiger charge is 2.70. The molecule has 0 radical (unpaired) electrons. The fourth-order valence-corrected chi connectivity index (χ4v) is 5.90. The molecule has 0 saturated heterocycles. The summed E-state index contributed by atoms with van der Waals surface area (Å²) in [5.74, 6) is 2.92. The van der Waals surface area contributed by atoms with Gasteiger partial charge >= 0.3 is 5.69 Å². The van der Waals surface area contributed by atoms with Crippen LogP contribution in [0.5, 0.6) is 0 Å². The lowest BCUT2D eigenvalue weighted by Gasteiger charge is -2.14. The summed E-state index contributed by atoms with van der Waals surface area (Å²) in [5.41, 5.74) is 0.448. The van der Waals surface area contributed by atoms with Crippen molar-refractivity contribution in [2.75, 3.05) is 0 Å². The predicted molar refractivity (Wildman–Crippen MR) is 97.1 cm³/mol. The van der Waals surface area contributed by atoms with Gasteiger partial charge in [-0.15, -0.1) is 0 Å². The number of rotatable bonds is 5. The van der Waals surface area contributed by atoms with Crippen LogP contribution in [-0.4, -0.2) is 30.3 Å². The van der Waals surface area contributed by atoms with E-state index in [4.69, 9.17) is 4.98 Å². The molecule has 2 aromatic rings. The number of aromatic amines is 1. The Kier molecular flexibility index (Phi) is 3.48. The molecular weight excluding hydrogens is 332 g/mol. The standard InChI is InChI=1S/C19H26N4O3/c1-3-7-22-17-14(18(25)23(8-4-2)19(22)26)20-16(21-17)13-11-9-5-6-10(12(11)13)15(9)24/h9-13,15,24H,3-8H2,1-2H3,(H,20,21). The number of fused-ring (bicyclic) bond motifs is 6. The second kappa shape index (κ2) is 5.55. The van der Waals surface area contributed by atoms with Gasteiger partial charge in [0.1, 0.15) is 11.3 Å². The molecule has 3 saturated carbocycles. The Morgan fingerprint density at radius 2 is 1.69 bits per heavy atom. The number of H-pyrrole nitrogens is 1. The smallest absolute Gasteiger partial charge is 0.332 e. The fourth-order valence-electron chi connectivity index (χ4n) is 5.90. The molecule has 3 fully saturated rings. The van der Waals surface area contributed by atoms with E-state index in [0.29, 0.717) is 53.8 Å². The van der Waals surface area contributed by atoms with Gasteiger partial charge in [0.2, 0.25) is 0 Å². The van der Waals surface area contributed by atoms with Gasteiger partial charge in [-0.3, -0.25) is 13.9 Å². The summed E-state index contributed by atoms with van der Waals surface area (Å²) in [4.78, 5) is 33.6.